The van der Waals surface area contributed by atoms with Gasteiger partial charge in [0.1, 0.15) is 25.4 Å². The van der Waals surface area contributed by atoms with E-state index in [0.29, 0.717) is 35.1 Å². The van der Waals surface area contributed by atoms with Crippen LogP contribution in [-0.2, 0) is 76.8 Å². The number of ether oxygens (including phenoxy) is 7. The van der Waals surface area contributed by atoms with Gasteiger partial charge in [-0.15, -0.1) is 0 Å². The highest BCUT2D eigenvalue weighted by Gasteiger charge is 2.86. The third kappa shape index (κ3) is 13.5. The van der Waals surface area contributed by atoms with Gasteiger partial charge in [0.05, 0.1) is 6.61 Å². The largest absolute Gasteiger partial charge is 0.464 e. The molecule has 374 valence electrons. The molecule has 0 saturated carbocycles. The fourth-order valence-corrected chi connectivity index (χ4v) is 9.46. The fourth-order valence-electron chi connectivity index (χ4n) is 8.74. The molecule has 10 atom stereocenters. The zero-order valence-electron chi connectivity index (χ0n) is 41.2. The third-order valence-electron chi connectivity index (χ3n) is 12.8. The number of hydrogen-bond donors (Lipinski definition) is 2. The van der Waals surface area contributed by atoms with Gasteiger partial charge in [-0.25, -0.2) is 19.2 Å². The molecule has 3 aromatic rings. The van der Waals surface area contributed by atoms with E-state index in [9.17, 15) is 29.4 Å². The molecule has 0 spiro atoms. The SMILES string of the molecule is C=C(CC[C@@]12O[C@H](C(=O)OCC[Si](C)(C)C)[C@@](O)(C(=O)OCc3ccccc3)[C@@](C(=O)OCc3ccccc3)(O1)[C@H](OC(=O)/C=C/[C@@H](C)C[C@@H](C)CC)[C@H]2O)C(OC(C)=O)[C@H](C)Cc1ccccc1. The zero-order valence-corrected chi connectivity index (χ0v) is 42.2. The van der Waals surface area contributed by atoms with E-state index in [2.05, 4.69) is 40.1 Å². The molecule has 2 fully saturated rings. The van der Waals surface area contributed by atoms with E-state index >= 15 is 4.79 Å². The second-order valence-electron chi connectivity index (χ2n) is 19.8. The Labute approximate surface area is 407 Å². The van der Waals surface area contributed by atoms with Crippen LogP contribution in [0.1, 0.15) is 77.0 Å². The van der Waals surface area contributed by atoms with Crippen molar-refractivity contribution in [1.82, 2.24) is 0 Å². The maximum atomic E-state index is 15.3. The van der Waals surface area contributed by atoms with Crippen LogP contribution in [0.25, 0.3) is 0 Å². The summed E-state index contributed by atoms with van der Waals surface area (Å²) in [7, 11) is -1.86. The van der Waals surface area contributed by atoms with Gasteiger partial charge in [0.15, 0.2) is 6.10 Å². The molecular formula is C54H70O14Si. The number of rotatable bonds is 24. The van der Waals surface area contributed by atoms with E-state index in [4.69, 9.17) is 33.2 Å². The number of esters is 5. The fraction of sp³-hybridized carbons (Fsp3) is 0.500. The van der Waals surface area contributed by atoms with Crippen molar-refractivity contribution in [3.63, 3.8) is 0 Å². The molecule has 0 radical (unpaired) electrons. The highest BCUT2D eigenvalue weighted by molar-refractivity contribution is 6.76. The van der Waals surface area contributed by atoms with E-state index in [1.165, 1.54) is 6.92 Å². The lowest BCUT2D eigenvalue weighted by Crippen LogP contribution is -2.78. The Balaban J connectivity index is 1.67. The molecule has 3 aromatic carbocycles. The second kappa shape index (κ2) is 23.9. The maximum absolute atomic E-state index is 15.3. The van der Waals surface area contributed by atoms with Crippen molar-refractivity contribution in [2.45, 2.75) is 147 Å². The van der Waals surface area contributed by atoms with Crippen molar-refractivity contribution in [2.75, 3.05) is 6.61 Å². The first-order chi connectivity index (χ1) is 32.7. The van der Waals surface area contributed by atoms with Crippen molar-refractivity contribution in [1.29, 1.82) is 0 Å². The normalized spacial score (nSPS) is 24.9. The summed E-state index contributed by atoms with van der Waals surface area (Å²) < 4.78 is 42.2. The Hall–Kier alpha value is -5.45. The Morgan fingerprint density at radius 1 is 0.826 bits per heavy atom. The Morgan fingerprint density at radius 2 is 1.38 bits per heavy atom. The second-order valence-corrected chi connectivity index (χ2v) is 25.4. The van der Waals surface area contributed by atoms with Crippen LogP contribution in [0.15, 0.2) is 115 Å². The molecule has 2 aliphatic rings. The molecular weight excluding hydrogens is 901 g/mol. The third-order valence-corrected chi connectivity index (χ3v) is 14.5. The van der Waals surface area contributed by atoms with Crippen LogP contribution in [0.2, 0.25) is 25.7 Å². The Bertz CT molecular complexity index is 2250. The lowest BCUT2D eigenvalue weighted by atomic mass is 9.74. The molecule has 1 unspecified atom stereocenters. The van der Waals surface area contributed by atoms with Crippen LogP contribution in [0, 0.1) is 17.8 Å². The van der Waals surface area contributed by atoms with E-state index in [1.54, 1.807) is 66.7 Å². The van der Waals surface area contributed by atoms with Crippen LogP contribution in [-0.4, -0.2) is 96.1 Å². The number of hydrogen-bond acceptors (Lipinski definition) is 14. The predicted molar refractivity (Wildman–Crippen MR) is 259 cm³/mol. The van der Waals surface area contributed by atoms with Crippen molar-refractivity contribution in [3.8, 4) is 0 Å². The van der Waals surface area contributed by atoms with Crippen molar-refractivity contribution < 1.29 is 67.3 Å². The van der Waals surface area contributed by atoms with Crippen LogP contribution in [0.4, 0.5) is 0 Å². The number of aliphatic hydroxyl groups is 2. The number of allylic oxidation sites excluding steroid dienone is 1. The summed E-state index contributed by atoms with van der Waals surface area (Å²) in [5.74, 6) is -8.62. The summed E-state index contributed by atoms with van der Waals surface area (Å²) in [6, 6.07) is 27.0. The molecule has 0 aromatic heterocycles. The van der Waals surface area contributed by atoms with Crippen molar-refractivity contribution in [3.05, 3.63) is 132 Å². The smallest absolute Gasteiger partial charge is 0.346 e. The molecule has 2 bridgehead atoms. The monoisotopic (exact) mass is 970 g/mol. The van der Waals surface area contributed by atoms with Gasteiger partial charge in [0.25, 0.3) is 5.60 Å². The van der Waals surface area contributed by atoms with E-state index < -0.39 is 99.0 Å². The average Bonchev–Trinajstić information content (AvgIpc) is 3.53. The molecule has 69 heavy (non-hydrogen) atoms. The highest BCUT2D eigenvalue weighted by atomic mass is 28.3. The summed E-state index contributed by atoms with van der Waals surface area (Å²) in [4.78, 5) is 71.5. The minimum atomic E-state index is -3.55. The molecule has 5 rings (SSSR count). The summed E-state index contributed by atoms with van der Waals surface area (Å²) in [6.07, 6.45) is -3.53. The van der Waals surface area contributed by atoms with Gasteiger partial charge >= 0.3 is 29.8 Å². The van der Waals surface area contributed by atoms with Gasteiger partial charge in [-0.3, -0.25) is 4.79 Å². The standard InChI is InChI=1S/C54H70O14Si/c1-10-36(2)32-37(3)26-27-44(56)66-47-46(57)52(29-28-38(4)45(65-40(6)55)39(5)33-41-20-14-11-15-21-41)67-48(49(58)62-30-31-69(7,8)9)53(61,50(59)63-34-42-22-16-12-17-23-42)54(47,68-52)51(60)64-35-43-24-18-13-19-25-43/h11-27,36-37,39,45-48,57,61H,4,10,28-35H2,1-3,5-9H3/b27-26+/t36-,37+,39+,45?,46+,47+,48+,52+,53+,54+/m0/s1. The zero-order chi connectivity index (χ0) is 50.6. The number of aliphatic hydroxyl groups excluding tert-OH is 1. The average molecular weight is 971 g/mol. The number of carbonyl (C=O) groups excluding carboxylic acids is 5. The van der Waals surface area contributed by atoms with Crippen LogP contribution < -0.4 is 0 Å². The lowest BCUT2D eigenvalue weighted by molar-refractivity contribution is -0.376. The van der Waals surface area contributed by atoms with E-state index in [0.717, 1.165) is 24.5 Å². The molecule has 2 aliphatic heterocycles. The topological polar surface area (TPSA) is 190 Å². The van der Waals surface area contributed by atoms with E-state index in [-0.39, 0.29) is 24.9 Å². The number of fused-ring (bicyclic) bond motifs is 2. The van der Waals surface area contributed by atoms with Crippen molar-refractivity contribution >= 4 is 37.9 Å². The Kier molecular flexibility index (Phi) is 18.9. The van der Waals surface area contributed by atoms with Gasteiger partial charge < -0.3 is 43.4 Å². The summed E-state index contributed by atoms with van der Waals surface area (Å²) in [6.45, 7) is 18.6. The first kappa shape index (κ1) is 54.5. The first-order valence-electron chi connectivity index (χ1n) is 23.8. The van der Waals surface area contributed by atoms with Gasteiger partial charge in [0.2, 0.25) is 17.5 Å². The molecule has 2 heterocycles. The minimum absolute atomic E-state index is 0.100. The first-order valence-corrected chi connectivity index (χ1v) is 27.5. The number of carbonyl (C=O) groups is 5. The van der Waals surface area contributed by atoms with E-state index in [1.807, 2.05) is 44.2 Å². The quantitative estimate of drug-likeness (QED) is 0.0289. The van der Waals surface area contributed by atoms with Crippen LogP contribution in [0.5, 0.6) is 0 Å². The van der Waals surface area contributed by atoms with Crippen molar-refractivity contribution in [2.24, 2.45) is 17.8 Å². The molecule has 14 nitrogen and oxygen atoms in total. The van der Waals surface area contributed by atoms with Gasteiger partial charge in [-0.05, 0) is 59.4 Å². The molecule has 15 heteroatoms. The number of benzene rings is 3. The molecule has 2 saturated heterocycles. The van der Waals surface area contributed by atoms with Crippen LogP contribution in [0.3, 0.4) is 0 Å². The van der Waals surface area contributed by atoms with Gasteiger partial charge in [-0.2, -0.15) is 0 Å². The molecule has 2 N–H and O–H groups in total. The minimum Gasteiger partial charge on any atom is -0.464 e. The van der Waals surface area contributed by atoms with Gasteiger partial charge in [-0.1, -0.05) is 157 Å². The molecule has 0 aliphatic carbocycles. The van der Waals surface area contributed by atoms with Gasteiger partial charge in [0, 0.05) is 33.4 Å². The maximum Gasteiger partial charge on any atom is 0.346 e. The Morgan fingerprint density at radius 3 is 1.91 bits per heavy atom. The summed E-state index contributed by atoms with van der Waals surface area (Å²) >= 11 is 0. The van der Waals surface area contributed by atoms with Crippen LogP contribution >= 0.6 is 0 Å². The lowest BCUT2D eigenvalue weighted by Gasteiger charge is -2.50. The summed E-state index contributed by atoms with van der Waals surface area (Å²) in [5, 5.41) is 26.0. The predicted octanol–water partition coefficient (Wildman–Crippen LogP) is 8.00. The molecule has 0 amide bonds. The summed E-state index contributed by atoms with van der Waals surface area (Å²) in [5.41, 5.74) is -4.52. The highest BCUT2D eigenvalue weighted by Crippen LogP contribution is 2.57.